The van der Waals surface area contributed by atoms with Crippen LogP contribution in [0, 0.1) is 0 Å². The molecule has 0 unspecified atom stereocenters. The number of fused-ring (bicyclic) bond motifs is 1. The summed E-state index contributed by atoms with van der Waals surface area (Å²) in [6.07, 6.45) is -4.33. The van der Waals surface area contributed by atoms with Gasteiger partial charge >= 0.3 is 6.18 Å². The average Bonchev–Trinajstić information content (AvgIpc) is 2.84. The maximum atomic E-state index is 12.6. The van der Waals surface area contributed by atoms with E-state index in [1.165, 1.54) is 19.2 Å². The van der Waals surface area contributed by atoms with E-state index in [-0.39, 0.29) is 0 Å². The van der Waals surface area contributed by atoms with Crippen molar-refractivity contribution in [3.63, 3.8) is 0 Å². The summed E-state index contributed by atoms with van der Waals surface area (Å²) in [5.41, 5.74) is 0.922. The van der Waals surface area contributed by atoms with Gasteiger partial charge in [-0.15, -0.1) is 5.10 Å². The second-order valence-electron chi connectivity index (χ2n) is 5.02. The van der Waals surface area contributed by atoms with Crippen molar-refractivity contribution in [1.29, 1.82) is 0 Å². The number of benzene rings is 2. The first-order valence-electron chi connectivity index (χ1n) is 6.74. The summed E-state index contributed by atoms with van der Waals surface area (Å²) in [6, 6.07) is 10.7. The number of alkyl halides is 3. The molecule has 7 heteroatoms. The number of methoxy groups -OCH3 is 1. The first-order chi connectivity index (χ1) is 10.9. The van der Waals surface area contributed by atoms with Gasteiger partial charge < -0.3 is 4.74 Å². The van der Waals surface area contributed by atoms with Crippen LogP contribution < -0.4 is 4.74 Å². The molecule has 3 nitrogen and oxygen atoms in total. The van der Waals surface area contributed by atoms with E-state index in [4.69, 9.17) is 4.74 Å². The van der Waals surface area contributed by atoms with E-state index < -0.39 is 11.7 Å². The van der Waals surface area contributed by atoms with Crippen LogP contribution in [-0.4, -0.2) is 16.9 Å². The maximum Gasteiger partial charge on any atom is 0.416 e. The molecule has 2 aromatic carbocycles. The SMILES string of the molecule is COc1nn(Cc2ccc(C(F)(F)F)cc2)c2ccc(Br)cc12. The summed E-state index contributed by atoms with van der Waals surface area (Å²) in [6.45, 7) is 0.361. The first kappa shape index (κ1) is 15.9. The topological polar surface area (TPSA) is 27.1 Å². The predicted octanol–water partition coefficient (Wildman–Crippen LogP) is 4.87. The lowest BCUT2D eigenvalue weighted by Gasteiger charge is -2.08. The summed E-state index contributed by atoms with van der Waals surface area (Å²) < 4.78 is 45.7. The van der Waals surface area contributed by atoms with Crippen molar-refractivity contribution in [2.45, 2.75) is 12.7 Å². The summed E-state index contributed by atoms with van der Waals surface area (Å²) in [4.78, 5) is 0. The number of halogens is 4. The van der Waals surface area contributed by atoms with Gasteiger partial charge in [-0.05, 0) is 35.9 Å². The van der Waals surface area contributed by atoms with Crippen LogP contribution in [0.2, 0.25) is 0 Å². The first-order valence-corrected chi connectivity index (χ1v) is 7.54. The van der Waals surface area contributed by atoms with Gasteiger partial charge in [0.05, 0.1) is 30.1 Å². The summed E-state index contributed by atoms with van der Waals surface area (Å²) in [5.74, 6) is 0.480. The maximum absolute atomic E-state index is 12.6. The molecular formula is C16H12BrF3N2O. The largest absolute Gasteiger partial charge is 0.479 e. The molecule has 0 N–H and O–H groups in total. The van der Waals surface area contributed by atoms with Gasteiger partial charge in [0, 0.05) is 4.47 Å². The lowest BCUT2D eigenvalue weighted by atomic mass is 10.1. The van der Waals surface area contributed by atoms with Gasteiger partial charge in [-0.2, -0.15) is 13.2 Å². The summed E-state index contributed by atoms with van der Waals surface area (Å²) >= 11 is 3.40. The number of aromatic nitrogens is 2. The van der Waals surface area contributed by atoms with Gasteiger partial charge in [0.1, 0.15) is 0 Å². The van der Waals surface area contributed by atoms with Crippen molar-refractivity contribution >= 4 is 26.8 Å². The standard InChI is InChI=1S/C16H12BrF3N2O/c1-23-15-13-8-12(17)6-7-14(13)22(21-15)9-10-2-4-11(5-3-10)16(18,19)20/h2-8H,9H2,1H3. The number of hydrogen-bond acceptors (Lipinski definition) is 2. The number of rotatable bonds is 3. The number of ether oxygens (including phenoxy) is 1. The normalized spacial score (nSPS) is 11.9. The molecule has 0 aliphatic rings. The molecule has 0 radical (unpaired) electrons. The molecule has 0 spiro atoms. The van der Waals surface area contributed by atoms with Crippen LogP contribution in [0.5, 0.6) is 5.88 Å². The second-order valence-corrected chi connectivity index (χ2v) is 5.94. The quantitative estimate of drug-likeness (QED) is 0.643. The zero-order valence-corrected chi connectivity index (χ0v) is 13.6. The van der Waals surface area contributed by atoms with Crippen LogP contribution in [0.3, 0.4) is 0 Å². The minimum atomic E-state index is -4.33. The molecule has 0 aliphatic heterocycles. The van der Waals surface area contributed by atoms with E-state index in [1.54, 1.807) is 4.68 Å². The van der Waals surface area contributed by atoms with Crippen LogP contribution in [-0.2, 0) is 12.7 Å². The highest BCUT2D eigenvalue weighted by atomic mass is 79.9. The van der Waals surface area contributed by atoms with E-state index in [9.17, 15) is 13.2 Å². The Hall–Kier alpha value is -2.02. The third kappa shape index (κ3) is 3.19. The fraction of sp³-hybridized carbons (Fsp3) is 0.188. The fourth-order valence-corrected chi connectivity index (χ4v) is 2.73. The minimum absolute atomic E-state index is 0.361. The van der Waals surface area contributed by atoms with Crippen molar-refractivity contribution in [3.8, 4) is 5.88 Å². The summed E-state index contributed by atoms with van der Waals surface area (Å²) in [5, 5.41) is 5.21. The third-order valence-electron chi connectivity index (χ3n) is 3.49. The lowest BCUT2D eigenvalue weighted by molar-refractivity contribution is -0.137. The zero-order valence-electron chi connectivity index (χ0n) is 12.1. The third-order valence-corrected chi connectivity index (χ3v) is 3.98. The second kappa shape index (κ2) is 5.88. The highest BCUT2D eigenvalue weighted by Crippen LogP contribution is 2.30. The highest BCUT2D eigenvalue weighted by molar-refractivity contribution is 9.10. The predicted molar refractivity (Wildman–Crippen MR) is 84.5 cm³/mol. The van der Waals surface area contributed by atoms with Crippen molar-refractivity contribution in [3.05, 3.63) is 58.1 Å². The molecule has 3 rings (SSSR count). The molecule has 0 saturated carbocycles. The monoisotopic (exact) mass is 384 g/mol. The Labute approximate surface area is 138 Å². The van der Waals surface area contributed by atoms with Crippen LogP contribution in [0.1, 0.15) is 11.1 Å². The molecule has 0 amide bonds. The number of hydrogen-bond donors (Lipinski definition) is 0. The van der Waals surface area contributed by atoms with Crippen LogP contribution >= 0.6 is 15.9 Å². The molecule has 23 heavy (non-hydrogen) atoms. The van der Waals surface area contributed by atoms with E-state index in [2.05, 4.69) is 21.0 Å². The smallest absolute Gasteiger partial charge is 0.416 e. The van der Waals surface area contributed by atoms with Crippen molar-refractivity contribution in [1.82, 2.24) is 9.78 Å². The Bertz CT molecular complexity index is 841. The molecule has 0 bridgehead atoms. The minimum Gasteiger partial charge on any atom is -0.479 e. The average molecular weight is 385 g/mol. The van der Waals surface area contributed by atoms with E-state index in [0.29, 0.717) is 12.4 Å². The van der Waals surface area contributed by atoms with Crippen molar-refractivity contribution < 1.29 is 17.9 Å². The van der Waals surface area contributed by atoms with Crippen LogP contribution in [0.25, 0.3) is 10.9 Å². The molecule has 0 fully saturated rings. The van der Waals surface area contributed by atoms with E-state index in [1.807, 2.05) is 18.2 Å². The van der Waals surface area contributed by atoms with Crippen LogP contribution in [0.15, 0.2) is 46.9 Å². The molecular weight excluding hydrogens is 373 g/mol. The summed E-state index contributed by atoms with van der Waals surface area (Å²) in [7, 11) is 1.53. The Balaban J connectivity index is 1.95. The van der Waals surface area contributed by atoms with Crippen LogP contribution in [0.4, 0.5) is 13.2 Å². The van der Waals surface area contributed by atoms with Gasteiger partial charge in [-0.3, -0.25) is 4.68 Å². The van der Waals surface area contributed by atoms with Gasteiger partial charge in [0.2, 0.25) is 5.88 Å². The van der Waals surface area contributed by atoms with Gasteiger partial charge in [0.15, 0.2) is 0 Å². The van der Waals surface area contributed by atoms with E-state index in [0.717, 1.165) is 33.1 Å². The number of nitrogens with zero attached hydrogens (tertiary/aromatic N) is 2. The zero-order chi connectivity index (χ0) is 16.6. The molecule has 1 aromatic heterocycles. The van der Waals surface area contributed by atoms with Gasteiger partial charge in [0.25, 0.3) is 0 Å². The van der Waals surface area contributed by atoms with Crippen molar-refractivity contribution in [2.75, 3.05) is 7.11 Å². The molecule has 0 atom stereocenters. The Morgan fingerprint density at radius 3 is 2.43 bits per heavy atom. The highest BCUT2D eigenvalue weighted by Gasteiger charge is 2.29. The molecule has 1 heterocycles. The Morgan fingerprint density at radius 2 is 1.83 bits per heavy atom. The van der Waals surface area contributed by atoms with Crippen molar-refractivity contribution in [2.24, 2.45) is 0 Å². The molecule has 3 aromatic rings. The Morgan fingerprint density at radius 1 is 1.13 bits per heavy atom. The molecule has 0 aliphatic carbocycles. The Kier molecular flexibility index (Phi) is 4.06. The van der Waals surface area contributed by atoms with E-state index >= 15 is 0 Å². The van der Waals surface area contributed by atoms with Gasteiger partial charge in [-0.1, -0.05) is 28.1 Å². The molecule has 0 saturated heterocycles. The molecule has 120 valence electrons. The fourth-order valence-electron chi connectivity index (χ4n) is 2.37. The lowest BCUT2D eigenvalue weighted by Crippen LogP contribution is -2.06. The van der Waals surface area contributed by atoms with Gasteiger partial charge in [-0.25, -0.2) is 0 Å².